The third-order valence-electron chi connectivity index (χ3n) is 8.41. The first-order chi connectivity index (χ1) is 23.1. The van der Waals surface area contributed by atoms with Crippen molar-refractivity contribution in [1.82, 2.24) is 19.4 Å². The van der Waals surface area contributed by atoms with E-state index in [1.165, 1.54) is 4.57 Å². The molecule has 0 saturated carbocycles. The second kappa shape index (κ2) is 17.3. The molecule has 1 unspecified atom stereocenters. The van der Waals surface area contributed by atoms with Gasteiger partial charge in [0.05, 0.1) is 34.8 Å². The molecule has 258 valence electrons. The molecule has 1 fully saturated rings. The number of carbonyl (C=O) groups excluding carboxylic acids is 1. The zero-order valence-electron chi connectivity index (χ0n) is 27.8. The maximum Gasteiger partial charge on any atom is 0.273 e. The Morgan fingerprint density at radius 1 is 1.17 bits per heavy atom. The SMILES string of the molecule is C=C/C=C(\C(F)=C/CCC(=O)N(CCCN1CCCC1)C(CCN)c1nc2ccccc2c(=O)n1-c1ccc(OCC)cc1)C(C)(F)F. The number of benzene rings is 2. The van der Waals surface area contributed by atoms with Crippen LogP contribution in [-0.2, 0) is 4.79 Å². The number of hydrogen-bond donors (Lipinski definition) is 1. The van der Waals surface area contributed by atoms with Gasteiger partial charge in [-0.2, -0.15) is 0 Å². The molecule has 1 aliphatic rings. The number of ether oxygens (including phenoxy) is 1. The van der Waals surface area contributed by atoms with Gasteiger partial charge < -0.3 is 20.3 Å². The van der Waals surface area contributed by atoms with Crippen LogP contribution in [0.25, 0.3) is 16.6 Å². The Morgan fingerprint density at radius 2 is 1.88 bits per heavy atom. The Kier molecular flexibility index (Phi) is 13.2. The van der Waals surface area contributed by atoms with Gasteiger partial charge in [-0.05, 0) is 108 Å². The van der Waals surface area contributed by atoms with Crippen LogP contribution in [0.3, 0.4) is 0 Å². The highest BCUT2D eigenvalue weighted by atomic mass is 19.3. The van der Waals surface area contributed by atoms with Crippen LogP contribution >= 0.6 is 0 Å². The lowest BCUT2D eigenvalue weighted by Crippen LogP contribution is -2.41. The number of fused-ring (bicyclic) bond motifs is 1. The lowest BCUT2D eigenvalue weighted by atomic mass is 10.1. The summed E-state index contributed by atoms with van der Waals surface area (Å²) in [6.45, 7) is 9.70. The molecule has 3 aromatic rings. The zero-order chi connectivity index (χ0) is 34.7. The fourth-order valence-electron chi connectivity index (χ4n) is 6.12. The molecule has 0 radical (unpaired) electrons. The highest BCUT2D eigenvalue weighted by molar-refractivity contribution is 5.79. The molecule has 0 aliphatic carbocycles. The zero-order valence-corrected chi connectivity index (χ0v) is 27.8. The van der Waals surface area contributed by atoms with Gasteiger partial charge in [0.1, 0.15) is 17.4 Å². The molecule has 1 saturated heterocycles. The second-order valence-electron chi connectivity index (χ2n) is 11.9. The molecule has 0 bridgehead atoms. The standard InChI is InChI=1S/C37H46F3N5O3/c1-4-12-30(37(3,39)40)31(38)14-10-16-34(46)44(26-11-25-43-23-8-9-24-43)33(21-22-41)35-42-32-15-7-6-13-29(32)36(47)45(35)27-17-19-28(20-18-27)48-5-2/h4,6-7,12-15,17-20,33H,1,5,8-11,16,21-26,41H2,2-3H3/b30-12+,31-14+. The largest absolute Gasteiger partial charge is 0.494 e. The normalized spacial score (nSPS) is 15.1. The summed E-state index contributed by atoms with van der Waals surface area (Å²) < 4.78 is 50.1. The van der Waals surface area contributed by atoms with Gasteiger partial charge in [0.2, 0.25) is 5.91 Å². The number of aromatic nitrogens is 2. The molecule has 1 atom stereocenters. The Morgan fingerprint density at radius 3 is 2.52 bits per heavy atom. The molecule has 2 heterocycles. The summed E-state index contributed by atoms with van der Waals surface area (Å²) >= 11 is 0. The summed E-state index contributed by atoms with van der Waals surface area (Å²) in [5.41, 5.74) is 6.09. The molecule has 8 nitrogen and oxygen atoms in total. The molecular weight excluding hydrogens is 619 g/mol. The van der Waals surface area contributed by atoms with Crippen LogP contribution in [0.4, 0.5) is 13.2 Å². The van der Waals surface area contributed by atoms with Gasteiger partial charge in [-0.1, -0.05) is 30.9 Å². The first-order valence-corrected chi connectivity index (χ1v) is 16.6. The smallest absolute Gasteiger partial charge is 0.273 e. The Balaban J connectivity index is 1.76. The third kappa shape index (κ3) is 9.23. The first kappa shape index (κ1) is 36.6. The minimum absolute atomic E-state index is 0.107. The molecule has 2 aromatic carbocycles. The van der Waals surface area contributed by atoms with Crippen molar-refractivity contribution < 1.29 is 22.7 Å². The van der Waals surface area contributed by atoms with Crippen molar-refractivity contribution in [3.8, 4) is 11.4 Å². The van der Waals surface area contributed by atoms with Crippen LogP contribution < -0.4 is 16.0 Å². The van der Waals surface area contributed by atoms with Gasteiger partial charge in [0, 0.05) is 19.9 Å². The van der Waals surface area contributed by atoms with Gasteiger partial charge in [0.15, 0.2) is 0 Å². The quantitative estimate of drug-likeness (QED) is 0.158. The van der Waals surface area contributed by atoms with Gasteiger partial charge in [-0.15, -0.1) is 0 Å². The van der Waals surface area contributed by atoms with Crippen molar-refractivity contribution in [3.63, 3.8) is 0 Å². The van der Waals surface area contributed by atoms with Crippen molar-refractivity contribution in [2.75, 3.05) is 39.3 Å². The van der Waals surface area contributed by atoms with Crippen LogP contribution in [0.5, 0.6) is 5.75 Å². The maximum absolute atomic E-state index is 14.9. The van der Waals surface area contributed by atoms with Crippen LogP contribution in [0, 0.1) is 0 Å². The summed E-state index contributed by atoms with van der Waals surface area (Å²) in [4.78, 5) is 37.2. The monoisotopic (exact) mass is 665 g/mol. The summed E-state index contributed by atoms with van der Waals surface area (Å²) in [6, 6.07) is 13.4. The molecule has 1 amide bonds. The number of amides is 1. The van der Waals surface area contributed by atoms with Gasteiger partial charge in [0.25, 0.3) is 11.5 Å². The number of nitrogens with zero attached hydrogens (tertiary/aromatic N) is 4. The van der Waals surface area contributed by atoms with Crippen molar-refractivity contribution in [2.45, 2.75) is 64.3 Å². The van der Waals surface area contributed by atoms with E-state index in [1.807, 2.05) is 6.92 Å². The van der Waals surface area contributed by atoms with Crippen molar-refractivity contribution in [3.05, 3.63) is 101 Å². The average Bonchev–Trinajstić information content (AvgIpc) is 3.58. The summed E-state index contributed by atoms with van der Waals surface area (Å²) in [7, 11) is 0. The van der Waals surface area contributed by atoms with E-state index in [1.54, 1.807) is 53.4 Å². The summed E-state index contributed by atoms with van der Waals surface area (Å²) in [5, 5.41) is 0.422. The van der Waals surface area contributed by atoms with E-state index < -0.39 is 23.4 Å². The highest BCUT2D eigenvalue weighted by Crippen LogP contribution is 2.31. The van der Waals surface area contributed by atoms with E-state index in [9.17, 15) is 22.8 Å². The second-order valence-corrected chi connectivity index (χ2v) is 11.9. The Hall–Kier alpha value is -4.22. The number of nitrogens with two attached hydrogens (primary N) is 1. The van der Waals surface area contributed by atoms with E-state index >= 15 is 0 Å². The fourth-order valence-corrected chi connectivity index (χ4v) is 6.12. The fraction of sp³-hybridized carbons (Fsp3) is 0.432. The van der Waals surface area contributed by atoms with E-state index in [4.69, 9.17) is 15.5 Å². The lowest BCUT2D eigenvalue weighted by Gasteiger charge is -2.33. The Labute approximate surface area is 280 Å². The summed E-state index contributed by atoms with van der Waals surface area (Å²) in [6.07, 6.45) is 6.01. The minimum Gasteiger partial charge on any atom is -0.494 e. The van der Waals surface area contributed by atoms with E-state index in [-0.39, 0.29) is 30.9 Å². The van der Waals surface area contributed by atoms with Crippen molar-refractivity contribution in [1.29, 1.82) is 0 Å². The first-order valence-electron chi connectivity index (χ1n) is 16.6. The minimum atomic E-state index is -3.42. The van der Waals surface area contributed by atoms with Crippen molar-refractivity contribution in [2.24, 2.45) is 5.73 Å². The average molecular weight is 666 g/mol. The number of rotatable bonds is 17. The number of allylic oxidation sites excluding steroid dienone is 5. The molecule has 48 heavy (non-hydrogen) atoms. The predicted octanol–water partition coefficient (Wildman–Crippen LogP) is 6.89. The predicted molar refractivity (Wildman–Crippen MR) is 184 cm³/mol. The molecule has 2 N–H and O–H groups in total. The molecule has 11 heteroatoms. The number of alkyl halides is 2. The van der Waals surface area contributed by atoms with Gasteiger partial charge >= 0.3 is 0 Å². The topological polar surface area (TPSA) is 93.7 Å². The van der Waals surface area contributed by atoms with Crippen LogP contribution in [0.1, 0.15) is 64.2 Å². The van der Waals surface area contributed by atoms with Crippen LogP contribution in [-0.4, -0.2) is 70.5 Å². The van der Waals surface area contributed by atoms with Crippen molar-refractivity contribution >= 4 is 16.8 Å². The van der Waals surface area contributed by atoms with E-state index in [0.29, 0.717) is 61.1 Å². The number of carbonyl (C=O) groups is 1. The van der Waals surface area contributed by atoms with Gasteiger partial charge in [-0.3, -0.25) is 14.2 Å². The van der Waals surface area contributed by atoms with Gasteiger partial charge in [-0.25, -0.2) is 18.2 Å². The van der Waals surface area contributed by atoms with Crippen LogP contribution in [0.15, 0.2) is 89.5 Å². The number of halogens is 3. The molecule has 1 aliphatic heterocycles. The molecule has 0 spiro atoms. The molecule has 4 rings (SSSR count). The maximum atomic E-state index is 14.9. The number of para-hydroxylation sites is 1. The third-order valence-corrected chi connectivity index (χ3v) is 8.41. The number of hydrogen-bond acceptors (Lipinski definition) is 6. The Bertz CT molecular complexity index is 1660. The van der Waals surface area contributed by atoms with Crippen LogP contribution in [0.2, 0.25) is 0 Å². The van der Waals surface area contributed by atoms with E-state index in [2.05, 4.69) is 11.5 Å². The number of likely N-dealkylation sites (tertiary alicyclic amines) is 1. The summed E-state index contributed by atoms with van der Waals surface area (Å²) in [5.74, 6) is -3.84. The van der Waals surface area contributed by atoms with E-state index in [0.717, 1.165) is 50.7 Å². The lowest BCUT2D eigenvalue weighted by molar-refractivity contribution is -0.134. The highest BCUT2D eigenvalue weighted by Gasteiger charge is 2.32. The molecular formula is C37H46F3N5O3. The molecule has 1 aromatic heterocycles.